The Labute approximate surface area is 215 Å². The third-order valence-electron chi connectivity index (χ3n) is 4.97. The minimum Gasteiger partial charge on any atom is -0.493 e. The number of methoxy groups -OCH3 is 1. The smallest absolute Gasteiger partial charge is 0.407 e. The third-order valence-corrected chi connectivity index (χ3v) is 4.97. The number of carbonyl (C=O) groups excluding carboxylic acids is 2. The van der Waals surface area contributed by atoms with Crippen LogP contribution >= 0.6 is 0 Å². The summed E-state index contributed by atoms with van der Waals surface area (Å²) in [5.41, 5.74) is 2.33. The van der Waals surface area contributed by atoms with Gasteiger partial charge in [0.05, 0.1) is 26.4 Å². The van der Waals surface area contributed by atoms with Crippen LogP contribution in [0.25, 0.3) is 0 Å². The van der Waals surface area contributed by atoms with E-state index < -0.39 is 6.09 Å². The molecule has 11 heteroatoms. The lowest BCUT2D eigenvalue weighted by atomic mass is 10.1. The highest BCUT2D eigenvalue weighted by atomic mass is 16.6. The Morgan fingerprint density at radius 1 is 0.892 bits per heavy atom. The molecule has 2 amide bonds. The number of carbonyl (C=O) groups is 2. The number of nitrogens with one attached hydrogen (secondary N) is 2. The van der Waals surface area contributed by atoms with Gasteiger partial charge in [-0.05, 0) is 49.2 Å². The van der Waals surface area contributed by atoms with Gasteiger partial charge in [-0.15, -0.1) is 0 Å². The maximum Gasteiger partial charge on any atom is 0.407 e. The molecule has 37 heavy (non-hydrogen) atoms. The maximum atomic E-state index is 10.8. The van der Waals surface area contributed by atoms with E-state index in [1.807, 2.05) is 50.2 Å². The normalized spacial score (nSPS) is 17.5. The van der Waals surface area contributed by atoms with Gasteiger partial charge in [0.15, 0.2) is 30.1 Å². The van der Waals surface area contributed by atoms with E-state index in [0.717, 1.165) is 16.9 Å². The number of rotatable bonds is 7. The summed E-state index contributed by atoms with van der Waals surface area (Å²) in [6.45, 7) is 5.76. The lowest BCUT2D eigenvalue weighted by Crippen LogP contribution is -2.22. The van der Waals surface area contributed by atoms with Crippen molar-refractivity contribution in [2.75, 3.05) is 33.4 Å². The molecule has 1 aromatic heterocycles. The van der Waals surface area contributed by atoms with Gasteiger partial charge in [-0.1, -0.05) is 18.2 Å². The zero-order chi connectivity index (χ0) is 26.5. The minimum atomic E-state index is -0.395. The first-order chi connectivity index (χ1) is 17.9. The average Bonchev–Trinajstić information content (AvgIpc) is 3.66. The summed E-state index contributed by atoms with van der Waals surface area (Å²) in [4.78, 5) is 25.1. The van der Waals surface area contributed by atoms with E-state index >= 15 is 0 Å². The van der Waals surface area contributed by atoms with E-state index in [2.05, 4.69) is 26.1 Å². The van der Waals surface area contributed by atoms with E-state index in [1.165, 1.54) is 12.7 Å². The number of para-hydroxylation sites is 2. The Morgan fingerprint density at radius 3 is 1.95 bits per heavy atom. The number of nitrogens with zero attached hydrogens (tertiary/aromatic N) is 1. The second-order valence-corrected chi connectivity index (χ2v) is 8.09. The van der Waals surface area contributed by atoms with Crippen molar-refractivity contribution in [3.8, 4) is 17.2 Å². The molecule has 2 atom stereocenters. The first-order valence-corrected chi connectivity index (χ1v) is 11.6. The van der Waals surface area contributed by atoms with Crippen LogP contribution in [0.2, 0.25) is 0 Å². The van der Waals surface area contributed by atoms with Crippen LogP contribution in [0.4, 0.5) is 9.59 Å². The molecular formula is C26H31N3O8. The van der Waals surface area contributed by atoms with Gasteiger partial charge in [-0.2, -0.15) is 0 Å². The molecule has 2 aliphatic heterocycles. The van der Waals surface area contributed by atoms with Gasteiger partial charge in [-0.25, -0.2) is 14.6 Å². The number of cyclic esters (lactones) is 2. The molecule has 2 fully saturated rings. The lowest BCUT2D eigenvalue weighted by Gasteiger charge is -2.12. The molecule has 2 aromatic carbocycles. The molecule has 5 rings (SSSR count). The second-order valence-electron chi connectivity index (χ2n) is 8.09. The summed E-state index contributed by atoms with van der Waals surface area (Å²) >= 11 is 0. The largest absolute Gasteiger partial charge is 0.493 e. The molecule has 2 unspecified atom stereocenters. The Morgan fingerprint density at radius 2 is 1.49 bits per heavy atom. The van der Waals surface area contributed by atoms with Gasteiger partial charge in [-0.3, -0.25) is 0 Å². The van der Waals surface area contributed by atoms with Crippen molar-refractivity contribution in [1.29, 1.82) is 0 Å². The molecule has 0 aliphatic carbocycles. The molecular weight excluding hydrogens is 482 g/mol. The quantitative estimate of drug-likeness (QED) is 0.486. The van der Waals surface area contributed by atoms with Crippen LogP contribution in [0.15, 0.2) is 65.7 Å². The van der Waals surface area contributed by atoms with Crippen molar-refractivity contribution < 1.29 is 37.7 Å². The summed E-state index contributed by atoms with van der Waals surface area (Å²) in [5, 5.41) is 5.15. The fourth-order valence-corrected chi connectivity index (χ4v) is 3.35. The molecule has 2 aliphatic rings. The van der Waals surface area contributed by atoms with Crippen molar-refractivity contribution in [1.82, 2.24) is 15.6 Å². The van der Waals surface area contributed by atoms with E-state index in [4.69, 9.17) is 23.7 Å². The first kappa shape index (κ1) is 27.2. The maximum absolute atomic E-state index is 10.8. The van der Waals surface area contributed by atoms with Crippen LogP contribution in [0.3, 0.4) is 0 Å². The summed E-state index contributed by atoms with van der Waals surface area (Å²) in [6.07, 6.45) is 3.29. The Kier molecular flexibility index (Phi) is 10.4. The molecule has 3 heterocycles. The number of aryl methyl sites for hydroxylation is 2. The molecule has 0 radical (unpaired) electrons. The summed E-state index contributed by atoms with van der Waals surface area (Å²) < 4.78 is 30.6. The van der Waals surface area contributed by atoms with Crippen LogP contribution < -0.4 is 24.8 Å². The number of benzene rings is 2. The number of ether oxygens (including phenoxy) is 5. The molecule has 3 aromatic rings. The highest BCUT2D eigenvalue weighted by Gasteiger charge is 2.24. The van der Waals surface area contributed by atoms with Crippen molar-refractivity contribution in [3.05, 3.63) is 72.4 Å². The van der Waals surface area contributed by atoms with E-state index in [9.17, 15) is 9.59 Å². The molecule has 2 saturated heterocycles. The van der Waals surface area contributed by atoms with Crippen LogP contribution in [0.5, 0.6) is 17.2 Å². The average molecular weight is 514 g/mol. The van der Waals surface area contributed by atoms with Crippen molar-refractivity contribution in [3.63, 3.8) is 0 Å². The van der Waals surface area contributed by atoms with Gasteiger partial charge >= 0.3 is 12.2 Å². The zero-order valence-corrected chi connectivity index (χ0v) is 21.0. The number of oxazole rings is 1. The summed E-state index contributed by atoms with van der Waals surface area (Å²) in [7, 11) is 1.58. The number of hydrogen-bond donors (Lipinski definition) is 2. The predicted octanol–water partition coefficient (Wildman–Crippen LogP) is 3.65. The predicted molar refractivity (Wildman–Crippen MR) is 133 cm³/mol. The van der Waals surface area contributed by atoms with Gasteiger partial charge in [0.25, 0.3) is 0 Å². The SMILES string of the molecule is COc1ccccc1OCC1CNC(=O)O1.Cc1cc(C)cc(OCC2CNC(=O)O2)c1.c1cocn1. The fraction of sp³-hybridized carbons (Fsp3) is 0.346. The van der Waals surface area contributed by atoms with Gasteiger partial charge in [0.2, 0.25) is 0 Å². The Balaban J connectivity index is 0.000000173. The Bertz CT molecular complexity index is 1090. The van der Waals surface area contributed by atoms with Gasteiger partial charge in [0.1, 0.15) is 25.2 Å². The zero-order valence-electron chi connectivity index (χ0n) is 21.0. The fourth-order valence-electron chi connectivity index (χ4n) is 3.35. The number of amides is 2. The van der Waals surface area contributed by atoms with Crippen LogP contribution in [-0.2, 0) is 9.47 Å². The van der Waals surface area contributed by atoms with Crippen LogP contribution in [-0.4, -0.2) is 62.8 Å². The highest BCUT2D eigenvalue weighted by Crippen LogP contribution is 2.26. The molecule has 11 nitrogen and oxygen atoms in total. The molecule has 0 bridgehead atoms. The Hall–Kier alpha value is -4.41. The summed E-state index contributed by atoms with van der Waals surface area (Å²) in [5.74, 6) is 2.13. The summed E-state index contributed by atoms with van der Waals surface area (Å²) in [6, 6.07) is 13.4. The topological polar surface area (TPSA) is 130 Å². The number of aromatic nitrogens is 1. The second kappa shape index (κ2) is 14.2. The minimum absolute atomic E-state index is 0.187. The molecule has 198 valence electrons. The lowest BCUT2D eigenvalue weighted by molar-refractivity contribution is 0.103. The standard InChI is InChI=1S/C12H15NO3.C11H13NO4.C3H3NO/c1-8-3-9(2)5-10(4-8)15-7-11-6-13-12(14)16-11;1-14-9-4-2-3-5-10(9)15-7-8-6-12-11(13)16-8;1-2-5-3-4-1/h3-5,11H,6-7H2,1-2H3,(H,13,14);2-5,8H,6-7H2,1H3,(H,12,13);1-3H. The molecule has 0 spiro atoms. The van der Waals surface area contributed by atoms with Crippen molar-refractivity contribution in [2.24, 2.45) is 0 Å². The van der Waals surface area contributed by atoms with E-state index in [-0.39, 0.29) is 18.3 Å². The van der Waals surface area contributed by atoms with Crippen molar-refractivity contribution >= 4 is 12.2 Å². The van der Waals surface area contributed by atoms with E-state index in [1.54, 1.807) is 13.3 Å². The molecule has 2 N–H and O–H groups in total. The monoisotopic (exact) mass is 513 g/mol. The van der Waals surface area contributed by atoms with Crippen molar-refractivity contribution in [2.45, 2.75) is 26.1 Å². The number of alkyl carbamates (subject to hydrolysis) is 2. The van der Waals surface area contributed by atoms with Crippen LogP contribution in [0, 0.1) is 13.8 Å². The van der Waals surface area contributed by atoms with E-state index in [0.29, 0.717) is 37.8 Å². The highest BCUT2D eigenvalue weighted by molar-refractivity contribution is 5.69. The number of hydrogen-bond acceptors (Lipinski definition) is 9. The third kappa shape index (κ3) is 9.63. The van der Waals surface area contributed by atoms with Gasteiger partial charge < -0.3 is 38.7 Å². The van der Waals surface area contributed by atoms with Crippen LogP contribution in [0.1, 0.15) is 11.1 Å². The first-order valence-electron chi connectivity index (χ1n) is 11.6. The van der Waals surface area contributed by atoms with Gasteiger partial charge in [0, 0.05) is 0 Å². The molecule has 0 saturated carbocycles.